The maximum Gasteiger partial charge on any atom is 0.307 e. The monoisotopic (exact) mass is 409 g/mol. The molecule has 0 amide bonds. The number of nitro groups is 1. The zero-order valence-electron chi connectivity index (χ0n) is 16.4. The molecule has 0 aliphatic rings. The normalized spacial score (nSPS) is 11.7. The average molecular weight is 409 g/mol. The van der Waals surface area contributed by atoms with Crippen molar-refractivity contribution in [3.05, 3.63) is 75.7 Å². The fraction of sp³-hybridized carbons (Fsp3) is 0.238. The van der Waals surface area contributed by atoms with Gasteiger partial charge in [-0.05, 0) is 26.0 Å². The molecule has 2 aromatic carbocycles. The lowest BCUT2D eigenvalue weighted by atomic mass is 10.1. The van der Waals surface area contributed by atoms with Crippen LogP contribution in [-0.4, -0.2) is 26.9 Å². The zero-order chi connectivity index (χ0) is 21.7. The minimum absolute atomic E-state index is 0.0342. The third-order valence-corrected chi connectivity index (χ3v) is 4.35. The van der Waals surface area contributed by atoms with E-state index in [1.54, 1.807) is 19.1 Å². The van der Waals surface area contributed by atoms with Crippen molar-refractivity contribution in [3.63, 3.8) is 0 Å². The Kier molecular flexibility index (Phi) is 6.31. The van der Waals surface area contributed by atoms with Gasteiger partial charge in [0.25, 0.3) is 11.6 Å². The van der Waals surface area contributed by atoms with Crippen LogP contribution < -0.4 is 0 Å². The number of aryl methyl sites for hydroxylation is 1. The number of hydrogen-bond donors (Lipinski definition) is 0. The lowest BCUT2D eigenvalue weighted by Gasteiger charge is -2.09. The van der Waals surface area contributed by atoms with Crippen molar-refractivity contribution in [2.75, 3.05) is 0 Å². The number of carbonyl (C=O) groups is 2. The highest BCUT2D eigenvalue weighted by atomic mass is 16.6. The maximum absolute atomic E-state index is 12.2. The summed E-state index contributed by atoms with van der Waals surface area (Å²) in [5.41, 5.74) is 2.04. The average Bonchev–Trinajstić information content (AvgIpc) is 3.23. The minimum Gasteiger partial charge on any atom is -0.453 e. The molecule has 154 valence electrons. The molecule has 30 heavy (non-hydrogen) atoms. The largest absolute Gasteiger partial charge is 0.453 e. The lowest BCUT2D eigenvalue weighted by Crippen LogP contribution is -2.11. The third kappa shape index (κ3) is 5.13. The van der Waals surface area contributed by atoms with Gasteiger partial charge in [0.1, 0.15) is 0 Å². The van der Waals surface area contributed by atoms with E-state index >= 15 is 0 Å². The Hall–Kier alpha value is -3.88. The molecular weight excluding hydrogens is 390 g/mol. The SMILES string of the molecule is Cc1ccc(C(=O)CCC(=O)O[C@@H](C)c2nnc(-c3ccc([N+](=O)[O-])cc3)o2)cc1. The number of carbonyl (C=O) groups excluding carboxylic acids is 2. The number of rotatable bonds is 8. The summed E-state index contributed by atoms with van der Waals surface area (Å²) in [7, 11) is 0. The quantitative estimate of drug-likeness (QED) is 0.234. The molecule has 0 fully saturated rings. The van der Waals surface area contributed by atoms with Crippen molar-refractivity contribution in [1.82, 2.24) is 10.2 Å². The molecule has 0 saturated heterocycles. The van der Waals surface area contributed by atoms with Crippen molar-refractivity contribution < 1.29 is 23.7 Å². The highest BCUT2D eigenvalue weighted by Gasteiger charge is 2.20. The van der Waals surface area contributed by atoms with Crippen LogP contribution in [0.5, 0.6) is 0 Å². The molecule has 1 atom stereocenters. The Morgan fingerprint density at radius 1 is 1.07 bits per heavy atom. The van der Waals surface area contributed by atoms with E-state index in [4.69, 9.17) is 9.15 Å². The molecule has 0 saturated carbocycles. The van der Waals surface area contributed by atoms with Gasteiger partial charge in [-0.1, -0.05) is 29.8 Å². The van der Waals surface area contributed by atoms with E-state index in [2.05, 4.69) is 10.2 Å². The summed E-state index contributed by atoms with van der Waals surface area (Å²) in [6.07, 6.45) is -0.835. The number of Topliss-reactive ketones (excluding diaryl/α,β-unsaturated/α-hetero) is 1. The zero-order valence-corrected chi connectivity index (χ0v) is 16.4. The van der Waals surface area contributed by atoms with Gasteiger partial charge in [-0.15, -0.1) is 10.2 Å². The number of esters is 1. The smallest absolute Gasteiger partial charge is 0.307 e. The van der Waals surface area contributed by atoms with Gasteiger partial charge in [-0.25, -0.2) is 0 Å². The van der Waals surface area contributed by atoms with Gasteiger partial charge in [0.05, 0.1) is 11.3 Å². The molecule has 9 nitrogen and oxygen atoms in total. The first-order valence-corrected chi connectivity index (χ1v) is 9.21. The van der Waals surface area contributed by atoms with Gasteiger partial charge in [0.15, 0.2) is 11.9 Å². The van der Waals surface area contributed by atoms with Crippen LogP contribution in [0.2, 0.25) is 0 Å². The van der Waals surface area contributed by atoms with Crippen molar-refractivity contribution >= 4 is 17.4 Å². The number of hydrogen-bond acceptors (Lipinski definition) is 8. The van der Waals surface area contributed by atoms with Crippen molar-refractivity contribution in [2.24, 2.45) is 0 Å². The Bertz CT molecular complexity index is 1060. The molecule has 0 unspecified atom stereocenters. The second-order valence-electron chi connectivity index (χ2n) is 6.67. The van der Waals surface area contributed by atoms with Crippen LogP contribution in [0.25, 0.3) is 11.5 Å². The molecule has 9 heteroatoms. The predicted octanol–water partition coefficient (Wildman–Crippen LogP) is 4.22. The van der Waals surface area contributed by atoms with Crippen LogP contribution in [0.1, 0.15) is 47.7 Å². The number of nitro benzene ring substituents is 1. The lowest BCUT2D eigenvalue weighted by molar-refractivity contribution is -0.384. The van der Waals surface area contributed by atoms with Gasteiger partial charge in [0.2, 0.25) is 5.89 Å². The Labute approximate surface area is 171 Å². The first kappa shape index (κ1) is 20.8. The van der Waals surface area contributed by atoms with Gasteiger partial charge in [-0.2, -0.15) is 0 Å². The first-order chi connectivity index (χ1) is 14.3. The summed E-state index contributed by atoms with van der Waals surface area (Å²) in [5, 5.41) is 18.5. The predicted molar refractivity (Wildman–Crippen MR) is 106 cm³/mol. The van der Waals surface area contributed by atoms with Crippen molar-refractivity contribution in [2.45, 2.75) is 32.8 Å². The fourth-order valence-corrected chi connectivity index (χ4v) is 2.65. The van der Waals surface area contributed by atoms with E-state index in [9.17, 15) is 19.7 Å². The number of benzene rings is 2. The van der Waals surface area contributed by atoms with Crippen molar-refractivity contribution in [1.29, 1.82) is 0 Å². The molecule has 3 rings (SSSR count). The summed E-state index contributed by atoms with van der Waals surface area (Å²) in [4.78, 5) is 34.4. The van der Waals surface area contributed by atoms with E-state index in [0.717, 1.165) is 5.56 Å². The summed E-state index contributed by atoms with van der Waals surface area (Å²) >= 11 is 0. The highest BCUT2D eigenvalue weighted by Crippen LogP contribution is 2.24. The Balaban J connectivity index is 1.54. The van der Waals surface area contributed by atoms with E-state index in [1.807, 2.05) is 19.1 Å². The molecular formula is C21H19N3O6. The third-order valence-electron chi connectivity index (χ3n) is 4.35. The van der Waals surface area contributed by atoms with Gasteiger partial charge < -0.3 is 9.15 Å². The molecule has 0 radical (unpaired) electrons. The van der Waals surface area contributed by atoms with E-state index in [1.165, 1.54) is 24.3 Å². The Morgan fingerprint density at radius 3 is 2.37 bits per heavy atom. The van der Waals surface area contributed by atoms with Gasteiger partial charge in [0, 0.05) is 29.7 Å². The van der Waals surface area contributed by atoms with Crippen LogP contribution in [0.4, 0.5) is 5.69 Å². The Morgan fingerprint density at radius 2 is 1.73 bits per heavy atom. The molecule has 0 aliphatic heterocycles. The number of aromatic nitrogens is 2. The minimum atomic E-state index is -0.800. The number of nitrogens with zero attached hydrogens (tertiary/aromatic N) is 3. The first-order valence-electron chi connectivity index (χ1n) is 9.21. The highest BCUT2D eigenvalue weighted by molar-refractivity contribution is 5.97. The molecule has 0 bridgehead atoms. The summed E-state index contributed by atoms with van der Waals surface area (Å²) in [6.45, 7) is 3.50. The number of ether oxygens (including phenoxy) is 1. The van der Waals surface area contributed by atoms with Gasteiger partial charge >= 0.3 is 5.97 Å². The van der Waals surface area contributed by atoms with Crippen LogP contribution >= 0.6 is 0 Å². The maximum atomic E-state index is 12.2. The van der Waals surface area contributed by atoms with E-state index in [0.29, 0.717) is 11.1 Å². The molecule has 1 heterocycles. The van der Waals surface area contributed by atoms with Gasteiger partial charge in [-0.3, -0.25) is 19.7 Å². The summed E-state index contributed by atoms with van der Waals surface area (Å²) in [6, 6.07) is 12.8. The van der Waals surface area contributed by atoms with Crippen LogP contribution in [0.15, 0.2) is 52.9 Å². The second kappa shape index (κ2) is 9.08. The second-order valence-corrected chi connectivity index (χ2v) is 6.67. The topological polar surface area (TPSA) is 125 Å². The molecule has 0 spiro atoms. The number of non-ortho nitro benzene ring substituents is 1. The molecule has 0 aliphatic carbocycles. The molecule has 0 N–H and O–H groups in total. The van der Waals surface area contributed by atoms with Crippen LogP contribution in [0.3, 0.4) is 0 Å². The summed E-state index contributed by atoms with van der Waals surface area (Å²) in [5.74, 6) is -0.463. The van der Waals surface area contributed by atoms with E-state index < -0.39 is 17.0 Å². The summed E-state index contributed by atoms with van der Waals surface area (Å²) < 4.78 is 10.8. The molecule has 1 aromatic heterocycles. The molecule has 3 aromatic rings. The van der Waals surface area contributed by atoms with Crippen LogP contribution in [0, 0.1) is 17.0 Å². The van der Waals surface area contributed by atoms with Crippen LogP contribution in [-0.2, 0) is 9.53 Å². The van der Waals surface area contributed by atoms with E-state index in [-0.39, 0.29) is 36.1 Å². The van der Waals surface area contributed by atoms with Crippen molar-refractivity contribution in [3.8, 4) is 11.5 Å². The fourth-order valence-electron chi connectivity index (χ4n) is 2.65. The number of ketones is 1. The standard InChI is InChI=1S/C21H19N3O6/c1-13-3-5-15(6-4-13)18(25)11-12-19(26)29-14(2)20-22-23-21(30-20)16-7-9-17(10-8-16)24(27)28/h3-10,14H,11-12H2,1-2H3/t14-/m0/s1.